The monoisotopic (exact) mass is 644 g/mol. The second kappa shape index (κ2) is 14.8. The number of carbonyl (C=O) groups is 1. The van der Waals surface area contributed by atoms with Crippen molar-refractivity contribution in [3.8, 4) is 23.3 Å². The Hall–Kier alpha value is -5.43. The summed E-state index contributed by atoms with van der Waals surface area (Å²) in [5, 5.41) is 20.8. The van der Waals surface area contributed by atoms with Gasteiger partial charge < -0.3 is 25.4 Å². The standard InChI is InChI=1S/C37H33ClN6O3/c1-24-2-4-26(5-3-24)23-46-34-7-6-29(18-32(34)38)44-37-28(20-39)22-42-33-19-35(47-30-10-14-41-15-11-30)27(17-31(33)37)21-43-36(45)16-25-8-12-40-13-9-25/h2-7,10-11,14-19,22,40H,8-9,12-13,21,23H2,1H3,(H,42,44)(H,43,45). The van der Waals surface area contributed by atoms with Gasteiger partial charge in [-0.1, -0.05) is 47.0 Å². The number of halogens is 1. The van der Waals surface area contributed by atoms with Crippen LogP contribution in [0.2, 0.25) is 5.02 Å². The molecule has 5 aromatic rings. The van der Waals surface area contributed by atoms with Crippen LogP contribution in [0, 0.1) is 18.3 Å². The van der Waals surface area contributed by atoms with Crippen molar-refractivity contribution in [2.75, 3.05) is 18.4 Å². The van der Waals surface area contributed by atoms with Gasteiger partial charge in [-0.05, 0) is 74.8 Å². The predicted molar refractivity (Wildman–Crippen MR) is 183 cm³/mol. The van der Waals surface area contributed by atoms with Gasteiger partial charge >= 0.3 is 0 Å². The first-order chi connectivity index (χ1) is 22.9. The number of fused-ring (bicyclic) bond motifs is 1. The number of anilines is 2. The summed E-state index contributed by atoms with van der Waals surface area (Å²) in [5.74, 6) is 1.50. The van der Waals surface area contributed by atoms with Crippen LogP contribution in [0.1, 0.15) is 35.1 Å². The van der Waals surface area contributed by atoms with Crippen LogP contribution in [0.15, 0.2) is 97.0 Å². The van der Waals surface area contributed by atoms with Gasteiger partial charge in [0.25, 0.3) is 0 Å². The minimum absolute atomic E-state index is 0.168. The molecule has 47 heavy (non-hydrogen) atoms. The molecule has 3 heterocycles. The molecule has 3 aromatic carbocycles. The zero-order chi connectivity index (χ0) is 32.6. The summed E-state index contributed by atoms with van der Waals surface area (Å²) in [6.07, 6.45) is 8.20. The van der Waals surface area contributed by atoms with E-state index in [2.05, 4.69) is 32.0 Å². The van der Waals surface area contributed by atoms with Crippen molar-refractivity contribution in [2.24, 2.45) is 0 Å². The number of nitriles is 1. The minimum atomic E-state index is -0.168. The summed E-state index contributed by atoms with van der Waals surface area (Å²) >= 11 is 6.63. The Labute approximate surface area is 278 Å². The van der Waals surface area contributed by atoms with Crippen LogP contribution in [-0.4, -0.2) is 29.0 Å². The molecule has 0 radical (unpaired) electrons. The maximum Gasteiger partial charge on any atom is 0.244 e. The quantitative estimate of drug-likeness (QED) is 0.134. The van der Waals surface area contributed by atoms with Gasteiger partial charge in [0.15, 0.2) is 0 Å². The molecule has 0 unspecified atom stereocenters. The largest absolute Gasteiger partial charge is 0.487 e. The van der Waals surface area contributed by atoms with Gasteiger partial charge in [-0.2, -0.15) is 5.26 Å². The molecule has 2 aromatic heterocycles. The second-order valence-corrected chi connectivity index (χ2v) is 11.6. The third-order valence-corrected chi connectivity index (χ3v) is 8.09. The number of ether oxygens (including phenoxy) is 2. The van der Waals surface area contributed by atoms with E-state index in [0.717, 1.165) is 37.1 Å². The Morgan fingerprint density at radius 1 is 1.04 bits per heavy atom. The average molecular weight is 645 g/mol. The van der Waals surface area contributed by atoms with E-state index in [0.29, 0.717) is 62.3 Å². The highest BCUT2D eigenvalue weighted by molar-refractivity contribution is 6.32. The van der Waals surface area contributed by atoms with E-state index >= 15 is 0 Å². The third-order valence-electron chi connectivity index (χ3n) is 7.80. The third kappa shape index (κ3) is 8.05. The first-order valence-corrected chi connectivity index (χ1v) is 15.7. The lowest BCUT2D eigenvalue weighted by molar-refractivity contribution is -0.116. The summed E-state index contributed by atoms with van der Waals surface area (Å²) in [5.41, 5.74) is 6.23. The Bertz CT molecular complexity index is 1970. The Kier molecular flexibility index (Phi) is 9.92. The number of hydrogen-bond acceptors (Lipinski definition) is 8. The molecular formula is C37H33ClN6O3. The van der Waals surface area contributed by atoms with Gasteiger partial charge in [0, 0.05) is 53.9 Å². The molecule has 1 amide bonds. The van der Waals surface area contributed by atoms with Crippen LogP contribution in [0.4, 0.5) is 11.4 Å². The van der Waals surface area contributed by atoms with Gasteiger partial charge in [-0.15, -0.1) is 0 Å². The number of hydrogen-bond donors (Lipinski definition) is 3. The lowest BCUT2D eigenvalue weighted by Gasteiger charge is -2.17. The van der Waals surface area contributed by atoms with E-state index in [9.17, 15) is 10.1 Å². The fourth-order valence-corrected chi connectivity index (χ4v) is 5.48. The molecule has 6 rings (SSSR count). The minimum Gasteiger partial charge on any atom is -0.487 e. The second-order valence-electron chi connectivity index (χ2n) is 11.2. The Balaban J connectivity index is 1.29. The number of rotatable bonds is 10. The van der Waals surface area contributed by atoms with E-state index in [4.69, 9.17) is 21.1 Å². The molecular weight excluding hydrogens is 612 g/mol. The number of carbonyl (C=O) groups excluding carboxylic acids is 1. The molecule has 1 fully saturated rings. The molecule has 236 valence electrons. The molecule has 1 aliphatic heterocycles. The van der Waals surface area contributed by atoms with E-state index in [1.165, 1.54) is 11.8 Å². The molecule has 0 atom stereocenters. The fraction of sp³-hybridized carbons (Fsp3) is 0.189. The van der Waals surface area contributed by atoms with Crippen LogP contribution >= 0.6 is 11.6 Å². The van der Waals surface area contributed by atoms with Crippen molar-refractivity contribution in [1.82, 2.24) is 20.6 Å². The van der Waals surface area contributed by atoms with Crippen molar-refractivity contribution in [3.63, 3.8) is 0 Å². The molecule has 10 heteroatoms. The van der Waals surface area contributed by atoms with Crippen molar-refractivity contribution in [1.29, 1.82) is 5.26 Å². The first kappa shape index (κ1) is 31.5. The summed E-state index contributed by atoms with van der Waals surface area (Å²) in [4.78, 5) is 21.5. The summed E-state index contributed by atoms with van der Waals surface area (Å²) < 4.78 is 12.2. The zero-order valence-electron chi connectivity index (χ0n) is 25.8. The van der Waals surface area contributed by atoms with Crippen molar-refractivity contribution in [2.45, 2.75) is 32.9 Å². The van der Waals surface area contributed by atoms with Gasteiger partial charge in [0.2, 0.25) is 5.91 Å². The van der Waals surface area contributed by atoms with E-state index in [-0.39, 0.29) is 12.5 Å². The highest BCUT2D eigenvalue weighted by Crippen LogP contribution is 2.37. The number of aromatic nitrogens is 2. The average Bonchev–Trinajstić information content (AvgIpc) is 3.09. The molecule has 0 aliphatic carbocycles. The lowest BCUT2D eigenvalue weighted by Crippen LogP contribution is -2.25. The Morgan fingerprint density at radius 2 is 1.83 bits per heavy atom. The summed E-state index contributed by atoms with van der Waals surface area (Å²) in [7, 11) is 0. The maximum absolute atomic E-state index is 12.9. The molecule has 0 spiro atoms. The van der Waals surface area contributed by atoms with Crippen LogP contribution in [0.3, 0.4) is 0 Å². The molecule has 3 N–H and O–H groups in total. The van der Waals surface area contributed by atoms with Gasteiger partial charge in [-0.25, -0.2) is 0 Å². The van der Waals surface area contributed by atoms with Crippen LogP contribution < -0.4 is 25.4 Å². The molecule has 9 nitrogen and oxygen atoms in total. The summed E-state index contributed by atoms with van der Waals surface area (Å²) in [6.45, 7) is 4.36. The van der Waals surface area contributed by atoms with Gasteiger partial charge in [0.1, 0.15) is 29.9 Å². The summed E-state index contributed by atoms with van der Waals surface area (Å²) in [6, 6.07) is 23.0. The van der Waals surface area contributed by atoms with Gasteiger partial charge in [-0.3, -0.25) is 14.8 Å². The van der Waals surface area contributed by atoms with Crippen LogP contribution in [0.5, 0.6) is 17.2 Å². The van der Waals surface area contributed by atoms with Crippen molar-refractivity contribution >= 4 is 39.8 Å². The number of amides is 1. The van der Waals surface area contributed by atoms with Crippen LogP contribution in [0.25, 0.3) is 10.9 Å². The SMILES string of the molecule is Cc1ccc(COc2ccc(Nc3c(C#N)cnc4cc(Oc5ccncc5)c(CNC(=O)C=C5CCNCC5)cc34)cc2Cl)cc1. The van der Waals surface area contributed by atoms with Crippen molar-refractivity contribution in [3.05, 3.63) is 124 Å². The van der Waals surface area contributed by atoms with E-state index < -0.39 is 0 Å². The highest BCUT2D eigenvalue weighted by Gasteiger charge is 2.16. The topological polar surface area (TPSA) is 121 Å². The maximum atomic E-state index is 12.9. The predicted octanol–water partition coefficient (Wildman–Crippen LogP) is 7.50. The van der Waals surface area contributed by atoms with E-state index in [1.54, 1.807) is 42.7 Å². The lowest BCUT2D eigenvalue weighted by atomic mass is 10.0. The van der Waals surface area contributed by atoms with Crippen LogP contribution in [-0.2, 0) is 17.9 Å². The number of nitrogens with zero attached hydrogens (tertiary/aromatic N) is 3. The zero-order valence-corrected chi connectivity index (χ0v) is 26.6. The van der Waals surface area contributed by atoms with Gasteiger partial charge in [0.05, 0.1) is 21.8 Å². The number of pyridine rings is 2. The number of aryl methyl sites for hydroxylation is 1. The molecule has 1 saturated heterocycles. The fourth-order valence-electron chi connectivity index (χ4n) is 5.25. The molecule has 0 bridgehead atoms. The molecule has 0 saturated carbocycles. The normalized spacial score (nSPS) is 12.7. The number of piperidine rings is 1. The first-order valence-electron chi connectivity index (χ1n) is 15.3. The molecule has 1 aliphatic rings. The highest BCUT2D eigenvalue weighted by atomic mass is 35.5. The number of nitrogens with one attached hydrogen (secondary N) is 3. The van der Waals surface area contributed by atoms with Crippen molar-refractivity contribution < 1.29 is 14.3 Å². The smallest absolute Gasteiger partial charge is 0.244 e. The van der Waals surface area contributed by atoms with E-state index in [1.807, 2.05) is 49.4 Å². The number of benzene rings is 3. The Morgan fingerprint density at radius 3 is 2.57 bits per heavy atom.